The number of hydrogen-bond donors (Lipinski definition) is 1. The molecule has 1 N–H and O–H groups in total. The number of nitrogens with one attached hydrogen (secondary N) is 1. The third kappa shape index (κ3) is 5.01. The van der Waals surface area contributed by atoms with Crippen molar-refractivity contribution >= 4 is 28.6 Å². The Hall–Kier alpha value is -3.60. The van der Waals surface area contributed by atoms with Crippen molar-refractivity contribution in [3.8, 4) is 11.8 Å². The maximum Gasteiger partial charge on any atom is 0.144 e. The van der Waals surface area contributed by atoms with Crippen LogP contribution in [0.1, 0.15) is 37.0 Å². The summed E-state index contributed by atoms with van der Waals surface area (Å²) in [7, 11) is 3.58. The first-order valence-corrected chi connectivity index (χ1v) is 12.3. The molecule has 0 aromatic heterocycles. The Bertz CT molecular complexity index is 1300. The summed E-state index contributed by atoms with van der Waals surface area (Å²) >= 11 is 6.66. The summed E-state index contributed by atoms with van der Waals surface area (Å²) in [4.78, 5) is 9.36. The Kier molecular flexibility index (Phi) is 7.78. The highest BCUT2D eigenvalue weighted by Crippen LogP contribution is 2.37. The molecule has 2 aliphatic heterocycles. The van der Waals surface area contributed by atoms with Gasteiger partial charge in [-0.05, 0) is 49.2 Å². The van der Waals surface area contributed by atoms with Crippen LogP contribution in [0, 0.1) is 16.7 Å². The number of fused-ring (bicyclic) bond motifs is 1. The highest BCUT2D eigenvalue weighted by Gasteiger charge is 2.34. The van der Waals surface area contributed by atoms with Crippen LogP contribution in [0.4, 0.5) is 0 Å². The summed E-state index contributed by atoms with van der Waals surface area (Å²) in [6, 6.07) is 15.3. The van der Waals surface area contributed by atoms with Gasteiger partial charge in [0, 0.05) is 42.6 Å². The molecule has 8 heteroatoms. The van der Waals surface area contributed by atoms with E-state index in [1.807, 2.05) is 43.4 Å². The number of aliphatic imine (C=N–C) groups is 1. The number of methoxy groups -OCH3 is 1. The largest absolute Gasteiger partial charge is 0.497 e. The van der Waals surface area contributed by atoms with Crippen molar-refractivity contribution in [3.05, 3.63) is 81.4 Å². The van der Waals surface area contributed by atoms with E-state index in [1.54, 1.807) is 20.1 Å². The van der Waals surface area contributed by atoms with Crippen molar-refractivity contribution in [3.63, 3.8) is 0 Å². The Morgan fingerprint density at radius 3 is 2.61 bits per heavy atom. The molecule has 1 saturated heterocycles. The third-order valence-electron chi connectivity index (χ3n) is 6.27. The van der Waals surface area contributed by atoms with E-state index in [4.69, 9.17) is 36.7 Å². The lowest BCUT2D eigenvalue weighted by Crippen LogP contribution is -2.38. The number of halogens is 1. The van der Waals surface area contributed by atoms with E-state index < -0.39 is 0 Å². The summed E-state index contributed by atoms with van der Waals surface area (Å²) in [5.41, 5.74) is 5.45. The number of allylic oxidation sites excluding steroid dienone is 1. The molecule has 0 saturated carbocycles. The predicted molar refractivity (Wildman–Crippen MR) is 143 cm³/mol. The van der Waals surface area contributed by atoms with Crippen LogP contribution in [0.25, 0.3) is 5.57 Å². The highest BCUT2D eigenvalue weighted by atomic mass is 35.5. The highest BCUT2D eigenvalue weighted by molar-refractivity contribution is 6.35. The molecule has 0 amide bonds. The first-order chi connectivity index (χ1) is 17.4. The second-order valence-corrected chi connectivity index (χ2v) is 9.22. The van der Waals surface area contributed by atoms with Gasteiger partial charge in [-0.25, -0.2) is 4.99 Å². The molecule has 0 spiro atoms. The van der Waals surface area contributed by atoms with E-state index in [-0.39, 0.29) is 0 Å². The molecule has 0 unspecified atom stereocenters. The molecule has 2 heterocycles. The van der Waals surface area contributed by atoms with Crippen molar-refractivity contribution in [2.75, 3.05) is 33.9 Å². The molecule has 2 aliphatic rings. The molecule has 1 fully saturated rings. The van der Waals surface area contributed by atoms with E-state index in [0.29, 0.717) is 53.2 Å². The molecule has 186 valence electrons. The summed E-state index contributed by atoms with van der Waals surface area (Å²) in [6.45, 7) is 6.31. The summed E-state index contributed by atoms with van der Waals surface area (Å²) in [5.74, 6) is 2.33. The van der Waals surface area contributed by atoms with Gasteiger partial charge in [-0.15, -0.1) is 0 Å². The Morgan fingerprint density at radius 1 is 1.25 bits per heavy atom. The molecule has 0 aliphatic carbocycles. The minimum Gasteiger partial charge on any atom is -0.497 e. The average Bonchev–Trinajstić information content (AvgIpc) is 3.33. The van der Waals surface area contributed by atoms with Crippen LogP contribution in [0.5, 0.6) is 5.75 Å². The minimum absolute atomic E-state index is 0.365. The van der Waals surface area contributed by atoms with Crippen molar-refractivity contribution < 1.29 is 9.47 Å². The molecule has 0 atom stereocenters. The number of ether oxygens (including phenoxy) is 2. The normalized spacial score (nSPS) is 16.3. The van der Waals surface area contributed by atoms with Gasteiger partial charge in [0.05, 0.1) is 42.7 Å². The lowest BCUT2D eigenvalue weighted by Gasteiger charge is -2.38. The number of hydrogen-bond acceptors (Lipinski definition) is 7. The van der Waals surface area contributed by atoms with E-state index >= 15 is 0 Å². The van der Waals surface area contributed by atoms with Crippen LogP contribution in [-0.4, -0.2) is 55.1 Å². The molecular formula is C28H30ClN5O2. The van der Waals surface area contributed by atoms with Crippen LogP contribution in [0.3, 0.4) is 0 Å². The van der Waals surface area contributed by atoms with E-state index in [0.717, 1.165) is 41.2 Å². The van der Waals surface area contributed by atoms with Crippen LogP contribution < -0.4 is 4.74 Å². The fraction of sp³-hybridized carbons (Fsp3) is 0.321. The van der Waals surface area contributed by atoms with Gasteiger partial charge in [-0.3, -0.25) is 0 Å². The third-order valence-corrected chi connectivity index (χ3v) is 6.59. The van der Waals surface area contributed by atoms with Gasteiger partial charge in [0.15, 0.2) is 0 Å². The fourth-order valence-corrected chi connectivity index (χ4v) is 4.86. The molecule has 2 aromatic rings. The number of rotatable bonds is 8. The Balaban J connectivity index is 1.83. The van der Waals surface area contributed by atoms with Gasteiger partial charge >= 0.3 is 0 Å². The van der Waals surface area contributed by atoms with Crippen LogP contribution in [-0.2, 0) is 11.3 Å². The first-order valence-electron chi connectivity index (χ1n) is 11.9. The smallest absolute Gasteiger partial charge is 0.144 e. The molecule has 7 nitrogen and oxygen atoms in total. The second kappa shape index (κ2) is 11.0. The minimum atomic E-state index is 0.365. The van der Waals surface area contributed by atoms with Gasteiger partial charge in [-0.1, -0.05) is 30.7 Å². The van der Waals surface area contributed by atoms with E-state index in [1.165, 1.54) is 0 Å². The summed E-state index contributed by atoms with van der Waals surface area (Å²) in [5, 5.41) is 18.3. The maximum absolute atomic E-state index is 9.16. The number of nitrogens with zero attached hydrogens (tertiary/aromatic N) is 4. The summed E-state index contributed by atoms with van der Waals surface area (Å²) in [6.07, 6.45) is 0.952. The fourth-order valence-electron chi connectivity index (χ4n) is 4.60. The van der Waals surface area contributed by atoms with Crippen LogP contribution in [0.2, 0.25) is 5.02 Å². The zero-order valence-corrected chi connectivity index (χ0v) is 21.8. The quantitative estimate of drug-likeness (QED) is 0.483. The molecular weight excluding hydrogens is 474 g/mol. The number of benzene rings is 2. The van der Waals surface area contributed by atoms with Gasteiger partial charge in [0.25, 0.3) is 0 Å². The zero-order valence-electron chi connectivity index (χ0n) is 21.1. The molecule has 4 rings (SSSR count). The number of nitriles is 1. The monoisotopic (exact) mass is 503 g/mol. The standard InChI is InChI=1S/C28H30ClN5O2/c1-5-12-34(15-20-8-6-19(14-30)7-9-20)28-23-16-36-17-25(23)32-27(33(28)3)26(18(2)31)22-11-10-21(35-4)13-24(22)29/h6-11,13,31H,5,12,15-17H2,1-4H3/b27-26+,31-18?. The summed E-state index contributed by atoms with van der Waals surface area (Å²) < 4.78 is 11.1. The first kappa shape index (κ1) is 25.5. The van der Waals surface area contributed by atoms with Crippen LogP contribution >= 0.6 is 11.6 Å². The van der Waals surface area contributed by atoms with Crippen molar-refractivity contribution in [2.24, 2.45) is 4.99 Å². The SMILES string of the molecule is CCCN(Cc1ccc(C#N)cc1)C1=C2COCC2=N/C(=C(/C(C)=N)c2ccc(OC)cc2Cl)N1C. The average molecular weight is 504 g/mol. The molecule has 0 radical (unpaired) electrons. The maximum atomic E-state index is 9.16. The van der Waals surface area contributed by atoms with E-state index in [2.05, 4.69) is 22.8 Å². The molecule has 2 aromatic carbocycles. The van der Waals surface area contributed by atoms with Gasteiger partial charge < -0.3 is 24.7 Å². The Morgan fingerprint density at radius 2 is 2.00 bits per heavy atom. The molecule has 0 bridgehead atoms. The van der Waals surface area contributed by atoms with Gasteiger partial charge in [-0.2, -0.15) is 5.26 Å². The van der Waals surface area contributed by atoms with Gasteiger partial charge in [0.2, 0.25) is 0 Å². The van der Waals surface area contributed by atoms with Gasteiger partial charge in [0.1, 0.15) is 17.4 Å². The Labute approximate surface area is 217 Å². The lowest BCUT2D eigenvalue weighted by atomic mass is 9.99. The van der Waals surface area contributed by atoms with Crippen LogP contribution in [0.15, 0.2) is 64.7 Å². The predicted octanol–water partition coefficient (Wildman–Crippen LogP) is 5.47. The zero-order chi connectivity index (χ0) is 25.8. The lowest BCUT2D eigenvalue weighted by molar-refractivity contribution is 0.212. The second-order valence-electron chi connectivity index (χ2n) is 8.81. The van der Waals surface area contributed by atoms with E-state index in [9.17, 15) is 0 Å². The van der Waals surface area contributed by atoms with Crippen molar-refractivity contribution in [1.29, 1.82) is 10.7 Å². The topological polar surface area (TPSA) is 84.9 Å². The molecule has 36 heavy (non-hydrogen) atoms. The van der Waals surface area contributed by atoms with Crippen molar-refractivity contribution in [1.82, 2.24) is 9.80 Å². The van der Waals surface area contributed by atoms with Crippen molar-refractivity contribution in [2.45, 2.75) is 26.8 Å².